The Bertz CT molecular complexity index is 522. The third kappa shape index (κ3) is 3.03. The maximum absolute atomic E-state index is 5.81. The van der Waals surface area contributed by atoms with Crippen molar-refractivity contribution >= 4 is 11.3 Å². The molecule has 0 saturated heterocycles. The average molecular weight is 276 g/mol. The highest BCUT2D eigenvalue weighted by molar-refractivity contribution is 7.11. The van der Waals surface area contributed by atoms with E-state index in [-0.39, 0.29) is 6.10 Å². The Kier molecular flexibility index (Phi) is 4.69. The van der Waals surface area contributed by atoms with Crippen molar-refractivity contribution < 1.29 is 4.74 Å². The van der Waals surface area contributed by atoms with Gasteiger partial charge in [0.1, 0.15) is 11.1 Å². The highest BCUT2D eigenvalue weighted by Crippen LogP contribution is 2.33. The highest BCUT2D eigenvalue weighted by atomic mass is 32.1. The van der Waals surface area contributed by atoms with Gasteiger partial charge in [0.05, 0.1) is 5.69 Å². The number of benzene rings is 1. The molecule has 0 aliphatic heterocycles. The number of nitrogens with zero attached hydrogens (tertiary/aromatic N) is 1. The number of rotatable bonds is 5. The summed E-state index contributed by atoms with van der Waals surface area (Å²) in [6, 6.07) is 10.2. The van der Waals surface area contributed by atoms with Gasteiger partial charge in [-0.1, -0.05) is 44.2 Å². The molecule has 2 rings (SSSR count). The van der Waals surface area contributed by atoms with Crippen LogP contribution >= 0.6 is 11.3 Å². The molecule has 0 radical (unpaired) electrons. The molecule has 4 heteroatoms. The van der Waals surface area contributed by atoms with E-state index >= 15 is 0 Å². The minimum absolute atomic E-state index is 0.107. The fourth-order valence-corrected chi connectivity index (χ4v) is 3.30. The number of hydrogen-bond donors (Lipinski definition) is 1. The fraction of sp³-hybridized carbons (Fsp3) is 0.400. The second kappa shape index (κ2) is 6.28. The molecule has 0 aliphatic rings. The normalized spacial score (nSPS) is 12.9. The van der Waals surface area contributed by atoms with E-state index in [0.717, 1.165) is 21.1 Å². The molecule has 1 aromatic carbocycles. The topological polar surface area (TPSA) is 48.1 Å². The standard InChI is InChI=1S/C15H20N2OS/c1-10(2)13-12(9-16)19-15(17-13)14(18-3)11-7-5-4-6-8-11/h4-8,10,14H,9,16H2,1-3H3. The second-order valence-electron chi connectivity index (χ2n) is 4.75. The van der Waals surface area contributed by atoms with Crippen LogP contribution in [0.3, 0.4) is 0 Å². The second-order valence-corrected chi connectivity index (χ2v) is 5.86. The van der Waals surface area contributed by atoms with Gasteiger partial charge in [-0.05, 0) is 11.5 Å². The van der Waals surface area contributed by atoms with Crippen molar-refractivity contribution in [3.05, 3.63) is 51.5 Å². The Hall–Kier alpha value is -1.23. The highest BCUT2D eigenvalue weighted by Gasteiger charge is 2.21. The third-order valence-electron chi connectivity index (χ3n) is 3.04. The lowest BCUT2D eigenvalue weighted by Crippen LogP contribution is -2.03. The number of ether oxygens (including phenoxy) is 1. The lowest BCUT2D eigenvalue weighted by Gasteiger charge is -2.12. The zero-order valence-electron chi connectivity index (χ0n) is 11.6. The van der Waals surface area contributed by atoms with Crippen molar-refractivity contribution in [3.63, 3.8) is 0 Å². The SMILES string of the molecule is COC(c1ccccc1)c1nc(C(C)C)c(CN)s1. The summed E-state index contributed by atoms with van der Waals surface area (Å²) in [5, 5.41) is 0.984. The van der Waals surface area contributed by atoms with Gasteiger partial charge in [0, 0.05) is 18.5 Å². The number of methoxy groups -OCH3 is 1. The number of nitrogens with two attached hydrogens (primary N) is 1. The molecule has 2 N–H and O–H groups in total. The molecule has 1 unspecified atom stereocenters. The number of aromatic nitrogens is 1. The molecular formula is C15H20N2OS. The van der Waals surface area contributed by atoms with Crippen LogP contribution in [-0.2, 0) is 11.3 Å². The zero-order valence-corrected chi connectivity index (χ0v) is 12.4. The van der Waals surface area contributed by atoms with Gasteiger partial charge >= 0.3 is 0 Å². The molecule has 1 heterocycles. The third-order valence-corrected chi connectivity index (χ3v) is 4.18. The molecular weight excluding hydrogens is 256 g/mol. The van der Waals surface area contributed by atoms with E-state index in [2.05, 4.69) is 26.0 Å². The maximum Gasteiger partial charge on any atom is 0.134 e. The predicted octanol–water partition coefficient (Wildman–Crippen LogP) is 3.46. The molecule has 0 fully saturated rings. The van der Waals surface area contributed by atoms with Gasteiger partial charge in [-0.25, -0.2) is 4.98 Å². The van der Waals surface area contributed by atoms with Crippen molar-refractivity contribution in [2.24, 2.45) is 5.73 Å². The predicted molar refractivity (Wildman–Crippen MR) is 79.4 cm³/mol. The summed E-state index contributed by atoms with van der Waals surface area (Å²) in [6.07, 6.45) is -0.107. The van der Waals surface area contributed by atoms with E-state index in [0.29, 0.717) is 12.5 Å². The largest absolute Gasteiger partial charge is 0.370 e. The minimum Gasteiger partial charge on any atom is -0.370 e. The minimum atomic E-state index is -0.107. The van der Waals surface area contributed by atoms with Gasteiger partial charge < -0.3 is 10.5 Å². The molecule has 19 heavy (non-hydrogen) atoms. The van der Waals surface area contributed by atoms with Crippen LogP contribution in [0.15, 0.2) is 30.3 Å². The summed E-state index contributed by atoms with van der Waals surface area (Å²) in [4.78, 5) is 5.90. The fourth-order valence-electron chi connectivity index (χ4n) is 2.10. The van der Waals surface area contributed by atoms with Gasteiger partial charge in [-0.2, -0.15) is 0 Å². The van der Waals surface area contributed by atoms with Crippen molar-refractivity contribution in [2.75, 3.05) is 7.11 Å². The van der Waals surface area contributed by atoms with Gasteiger partial charge in [0.15, 0.2) is 0 Å². The van der Waals surface area contributed by atoms with Crippen LogP contribution in [0, 0.1) is 0 Å². The van der Waals surface area contributed by atoms with Crippen LogP contribution in [0.2, 0.25) is 0 Å². The molecule has 0 spiro atoms. The molecule has 0 bridgehead atoms. The van der Waals surface area contributed by atoms with Crippen molar-refractivity contribution in [1.82, 2.24) is 4.98 Å². The Labute approximate surface area is 118 Å². The molecule has 1 aromatic heterocycles. The van der Waals surface area contributed by atoms with E-state index < -0.39 is 0 Å². The summed E-state index contributed by atoms with van der Waals surface area (Å²) in [7, 11) is 1.72. The van der Waals surface area contributed by atoms with Gasteiger partial charge in [0.2, 0.25) is 0 Å². The van der Waals surface area contributed by atoms with Gasteiger partial charge in [-0.15, -0.1) is 11.3 Å². The number of hydrogen-bond acceptors (Lipinski definition) is 4. The lowest BCUT2D eigenvalue weighted by molar-refractivity contribution is 0.136. The zero-order chi connectivity index (χ0) is 13.8. The van der Waals surface area contributed by atoms with E-state index in [9.17, 15) is 0 Å². The summed E-state index contributed by atoms with van der Waals surface area (Å²) in [6.45, 7) is 4.82. The quantitative estimate of drug-likeness (QED) is 0.909. The van der Waals surface area contributed by atoms with Crippen molar-refractivity contribution in [3.8, 4) is 0 Å². The molecule has 0 amide bonds. The molecule has 1 atom stereocenters. The molecule has 102 valence electrons. The number of thiazole rings is 1. The molecule has 0 aliphatic carbocycles. The summed E-state index contributed by atoms with van der Waals surface area (Å²) in [5.41, 5.74) is 8.03. The first kappa shape index (κ1) is 14.2. The van der Waals surface area contributed by atoms with E-state index in [1.165, 1.54) is 0 Å². The van der Waals surface area contributed by atoms with Gasteiger partial charge in [0.25, 0.3) is 0 Å². The maximum atomic E-state index is 5.81. The smallest absolute Gasteiger partial charge is 0.134 e. The first-order valence-electron chi connectivity index (χ1n) is 6.44. The van der Waals surface area contributed by atoms with Crippen molar-refractivity contribution in [2.45, 2.75) is 32.4 Å². The van der Waals surface area contributed by atoms with Crippen LogP contribution in [0.25, 0.3) is 0 Å². The van der Waals surface area contributed by atoms with Crippen LogP contribution in [0.1, 0.15) is 47.0 Å². The van der Waals surface area contributed by atoms with Crippen LogP contribution < -0.4 is 5.73 Å². The van der Waals surface area contributed by atoms with Crippen LogP contribution in [-0.4, -0.2) is 12.1 Å². The lowest BCUT2D eigenvalue weighted by atomic mass is 10.1. The van der Waals surface area contributed by atoms with E-state index in [1.54, 1.807) is 18.4 Å². The van der Waals surface area contributed by atoms with E-state index in [4.69, 9.17) is 15.5 Å². The first-order chi connectivity index (χ1) is 9.17. The Morgan fingerprint density at radius 2 is 1.95 bits per heavy atom. The van der Waals surface area contributed by atoms with Crippen LogP contribution in [0.4, 0.5) is 0 Å². The summed E-state index contributed by atoms with van der Waals surface area (Å²) >= 11 is 1.65. The monoisotopic (exact) mass is 276 g/mol. The summed E-state index contributed by atoms with van der Waals surface area (Å²) < 4.78 is 5.62. The molecule has 2 aromatic rings. The molecule has 3 nitrogen and oxygen atoms in total. The van der Waals surface area contributed by atoms with Crippen LogP contribution in [0.5, 0.6) is 0 Å². The van der Waals surface area contributed by atoms with Crippen molar-refractivity contribution in [1.29, 1.82) is 0 Å². The first-order valence-corrected chi connectivity index (χ1v) is 7.26. The average Bonchev–Trinajstić information content (AvgIpc) is 2.85. The van der Waals surface area contributed by atoms with Gasteiger partial charge in [-0.3, -0.25) is 0 Å². The Morgan fingerprint density at radius 1 is 1.26 bits per heavy atom. The van der Waals surface area contributed by atoms with E-state index in [1.807, 2.05) is 18.2 Å². The Balaban J connectivity index is 2.39. The Morgan fingerprint density at radius 3 is 2.42 bits per heavy atom. The summed E-state index contributed by atoms with van der Waals surface area (Å²) in [5.74, 6) is 0.386. The molecule has 0 saturated carbocycles.